The zero-order valence-electron chi connectivity index (χ0n) is 28.6. The minimum Gasteiger partial charge on any atom is -0.493 e. The van der Waals surface area contributed by atoms with Crippen LogP contribution in [0.15, 0.2) is 34.6 Å². The Kier molecular flexibility index (Phi) is 18.2. The molecule has 1 rings (SSSR count). The summed E-state index contributed by atoms with van der Waals surface area (Å²) in [5.74, 6) is 1.69. The predicted molar refractivity (Wildman–Crippen MR) is 176 cm³/mol. The van der Waals surface area contributed by atoms with E-state index in [9.17, 15) is 20.1 Å². The second-order valence-corrected chi connectivity index (χ2v) is 14.0. The summed E-state index contributed by atoms with van der Waals surface area (Å²) in [7, 11) is 0. The topological polar surface area (TPSA) is 87.0 Å². The normalized spacial score (nSPS) is 21.5. The lowest BCUT2D eigenvalue weighted by molar-refractivity contribution is -0.113. The van der Waals surface area contributed by atoms with Crippen molar-refractivity contribution in [3.05, 3.63) is 34.6 Å². The molecular formula is C37H66O5. The molecule has 0 aromatic heterocycles. The smallest absolute Gasteiger partial charge is 0.155 e. The van der Waals surface area contributed by atoms with E-state index in [0.29, 0.717) is 31.6 Å². The van der Waals surface area contributed by atoms with Crippen LogP contribution in [-0.4, -0.2) is 45.0 Å². The Hall–Kier alpha value is -1.43. The fraction of sp³-hybridized carbons (Fsp3) is 0.811. The highest BCUT2D eigenvalue weighted by Gasteiger charge is 2.27. The Balaban J connectivity index is 2.43. The molecule has 1 aliphatic rings. The summed E-state index contributed by atoms with van der Waals surface area (Å²) >= 11 is 0. The van der Waals surface area contributed by atoms with Crippen molar-refractivity contribution in [2.75, 3.05) is 6.61 Å². The number of ether oxygens (including phenoxy) is 1. The van der Waals surface area contributed by atoms with E-state index in [1.165, 1.54) is 32.1 Å². The number of carbonyl (C=O) groups excluding carboxylic acids is 1. The molecule has 0 spiro atoms. The highest BCUT2D eigenvalue weighted by molar-refractivity contribution is 5.92. The van der Waals surface area contributed by atoms with Crippen LogP contribution in [0.3, 0.4) is 0 Å². The molecule has 42 heavy (non-hydrogen) atoms. The van der Waals surface area contributed by atoms with Crippen LogP contribution in [0.2, 0.25) is 0 Å². The van der Waals surface area contributed by atoms with Gasteiger partial charge in [0.1, 0.15) is 5.76 Å². The van der Waals surface area contributed by atoms with Crippen LogP contribution in [-0.2, 0) is 9.53 Å². The molecule has 0 aliphatic heterocycles. The van der Waals surface area contributed by atoms with Gasteiger partial charge in [-0.05, 0) is 121 Å². The number of ketones is 1. The maximum atomic E-state index is 11.4. The number of hydrogen-bond donors (Lipinski definition) is 3. The van der Waals surface area contributed by atoms with Crippen LogP contribution >= 0.6 is 0 Å². The molecule has 0 radical (unpaired) electrons. The average Bonchev–Trinajstić information content (AvgIpc) is 2.90. The van der Waals surface area contributed by atoms with E-state index in [-0.39, 0.29) is 11.7 Å². The van der Waals surface area contributed by atoms with Gasteiger partial charge in [-0.25, -0.2) is 0 Å². The quantitative estimate of drug-likeness (QED) is 0.0816. The Labute approximate surface area is 258 Å². The van der Waals surface area contributed by atoms with Gasteiger partial charge >= 0.3 is 0 Å². The van der Waals surface area contributed by atoms with Gasteiger partial charge < -0.3 is 20.1 Å². The van der Waals surface area contributed by atoms with Crippen molar-refractivity contribution < 1.29 is 24.9 Å². The van der Waals surface area contributed by atoms with Crippen molar-refractivity contribution >= 4 is 5.78 Å². The average molecular weight is 591 g/mol. The number of aliphatic hydroxyl groups excluding tert-OH is 1. The summed E-state index contributed by atoms with van der Waals surface area (Å²) < 4.78 is 6.33. The van der Waals surface area contributed by atoms with E-state index >= 15 is 0 Å². The number of hydrogen-bond acceptors (Lipinski definition) is 5. The standard InChI is InChI=1S/C37H66O5/c1-9-10-11-12-13-14-26-42-35-31(5)30(4)34(39)27-33(35)21-20-28(2)18-15-22-36(7,40)24-17-25-37(8,41)23-16-19-29(3)32(6)38/h19,27-28,30,34,39-41H,9-18,20-26H2,1-8H3/b29-19+. The minimum absolute atomic E-state index is 0.0732. The SMILES string of the molecule is CCCCCCCCOC1=C(C)C(C)C(O)C=C1CCC(C)CCCC(C)(O)CCCC(C)(O)CC/C=C(\C)C(C)=O. The highest BCUT2D eigenvalue weighted by atomic mass is 16.5. The summed E-state index contributed by atoms with van der Waals surface area (Å²) in [4.78, 5) is 11.4. The zero-order valence-corrected chi connectivity index (χ0v) is 28.6. The van der Waals surface area contributed by atoms with Gasteiger partial charge in [0.25, 0.3) is 0 Å². The lowest BCUT2D eigenvalue weighted by atomic mass is 9.84. The predicted octanol–water partition coefficient (Wildman–Crippen LogP) is 9.15. The molecule has 5 nitrogen and oxygen atoms in total. The molecule has 3 N–H and O–H groups in total. The molecule has 0 heterocycles. The van der Waals surface area contributed by atoms with Crippen molar-refractivity contribution in [1.29, 1.82) is 0 Å². The third kappa shape index (κ3) is 15.9. The number of aliphatic hydroxyl groups is 3. The number of allylic oxidation sites excluding steroid dienone is 3. The molecule has 0 aromatic rings. The molecule has 244 valence electrons. The Morgan fingerprint density at radius 1 is 0.952 bits per heavy atom. The van der Waals surface area contributed by atoms with E-state index in [1.807, 2.05) is 32.9 Å². The van der Waals surface area contributed by atoms with Crippen LogP contribution in [0.4, 0.5) is 0 Å². The molecule has 0 saturated carbocycles. The molecule has 0 saturated heterocycles. The van der Waals surface area contributed by atoms with Gasteiger partial charge in [0.05, 0.1) is 23.9 Å². The summed E-state index contributed by atoms with van der Waals surface area (Å²) in [5, 5.41) is 32.3. The van der Waals surface area contributed by atoms with Crippen LogP contribution in [0.5, 0.6) is 0 Å². The van der Waals surface area contributed by atoms with Gasteiger partial charge in [0.15, 0.2) is 5.78 Å². The van der Waals surface area contributed by atoms with Crippen molar-refractivity contribution in [2.24, 2.45) is 11.8 Å². The molecule has 5 heteroatoms. The molecule has 0 bridgehead atoms. The lowest BCUT2D eigenvalue weighted by Gasteiger charge is -2.29. The van der Waals surface area contributed by atoms with Gasteiger partial charge in [-0.15, -0.1) is 0 Å². The maximum Gasteiger partial charge on any atom is 0.155 e. The van der Waals surface area contributed by atoms with Gasteiger partial charge in [-0.2, -0.15) is 0 Å². The monoisotopic (exact) mass is 590 g/mol. The molecule has 0 aromatic carbocycles. The van der Waals surface area contributed by atoms with Crippen molar-refractivity contribution in [1.82, 2.24) is 0 Å². The van der Waals surface area contributed by atoms with Crippen LogP contribution in [0.1, 0.15) is 158 Å². The largest absolute Gasteiger partial charge is 0.493 e. The Morgan fingerprint density at radius 3 is 2.19 bits per heavy atom. The first-order valence-corrected chi connectivity index (χ1v) is 17.0. The number of carbonyl (C=O) groups is 1. The first kappa shape index (κ1) is 38.6. The van der Waals surface area contributed by atoms with E-state index in [0.717, 1.165) is 74.0 Å². The third-order valence-electron chi connectivity index (χ3n) is 9.40. The third-order valence-corrected chi connectivity index (χ3v) is 9.40. The molecule has 0 fully saturated rings. The summed E-state index contributed by atoms with van der Waals surface area (Å²) in [6, 6.07) is 0. The van der Waals surface area contributed by atoms with Crippen LogP contribution in [0.25, 0.3) is 0 Å². The lowest BCUT2D eigenvalue weighted by Crippen LogP contribution is -2.28. The van der Waals surface area contributed by atoms with E-state index in [2.05, 4.69) is 27.7 Å². The summed E-state index contributed by atoms with van der Waals surface area (Å²) in [6.07, 6.45) is 19.0. The van der Waals surface area contributed by atoms with Crippen LogP contribution in [0, 0.1) is 11.8 Å². The second-order valence-electron chi connectivity index (χ2n) is 14.0. The zero-order chi connectivity index (χ0) is 31.8. The van der Waals surface area contributed by atoms with Gasteiger partial charge in [-0.3, -0.25) is 4.79 Å². The van der Waals surface area contributed by atoms with E-state index in [4.69, 9.17) is 4.74 Å². The first-order valence-electron chi connectivity index (χ1n) is 17.0. The van der Waals surface area contributed by atoms with Gasteiger partial charge in [0, 0.05) is 5.92 Å². The van der Waals surface area contributed by atoms with Crippen molar-refractivity contribution in [3.63, 3.8) is 0 Å². The molecule has 1 aliphatic carbocycles. The molecule has 0 amide bonds. The number of rotatable bonds is 23. The van der Waals surface area contributed by atoms with E-state index in [1.54, 1.807) is 6.92 Å². The van der Waals surface area contributed by atoms with Gasteiger partial charge in [-0.1, -0.05) is 71.8 Å². The number of unbranched alkanes of at least 4 members (excludes halogenated alkanes) is 5. The minimum atomic E-state index is -0.790. The first-order chi connectivity index (χ1) is 19.7. The molecular weight excluding hydrogens is 524 g/mol. The Morgan fingerprint density at radius 2 is 1.55 bits per heavy atom. The highest BCUT2D eigenvalue weighted by Crippen LogP contribution is 2.35. The summed E-state index contributed by atoms with van der Waals surface area (Å²) in [6.45, 7) is 16.6. The second kappa shape index (κ2) is 19.8. The van der Waals surface area contributed by atoms with Crippen molar-refractivity contribution in [3.8, 4) is 0 Å². The van der Waals surface area contributed by atoms with Gasteiger partial charge in [0.2, 0.25) is 0 Å². The van der Waals surface area contributed by atoms with Crippen LogP contribution < -0.4 is 0 Å². The number of Topliss-reactive ketones (excluding diaryl/α,β-unsaturated/α-hetero) is 1. The fourth-order valence-corrected chi connectivity index (χ4v) is 5.82. The van der Waals surface area contributed by atoms with E-state index < -0.39 is 17.3 Å². The Bertz CT molecular complexity index is 879. The van der Waals surface area contributed by atoms with Crippen molar-refractivity contribution in [2.45, 2.75) is 175 Å². The maximum absolute atomic E-state index is 11.4. The molecule has 5 atom stereocenters. The fourth-order valence-electron chi connectivity index (χ4n) is 5.82. The molecule has 5 unspecified atom stereocenters. The summed E-state index contributed by atoms with van der Waals surface area (Å²) in [5.41, 5.74) is 1.54.